The van der Waals surface area contributed by atoms with E-state index in [0.717, 1.165) is 32.5 Å². The van der Waals surface area contributed by atoms with Gasteiger partial charge in [-0.2, -0.15) is 0 Å². The Morgan fingerprint density at radius 1 is 1.35 bits per heavy atom. The molecule has 5 heteroatoms. The van der Waals surface area contributed by atoms with Crippen molar-refractivity contribution in [2.24, 2.45) is 5.92 Å². The zero-order valence-corrected chi connectivity index (χ0v) is 13.2. The molecule has 1 saturated heterocycles. The molecular formula is C15H20Cl2N2O. The number of hydrogen-bond acceptors (Lipinski definition) is 2. The van der Waals surface area contributed by atoms with Crippen LogP contribution in [0.5, 0.6) is 0 Å². The Balaban J connectivity index is 1.96. The smallest absolute Gasteiger partial charge is 0.255 e. The van der Waals surface area contributed by atoms with Crippen molar-refractivity contribution in [3.8, 4) is 0 Å². The molecule has 1 aromatic carbocycles. The topological polar surface area (TPSA) is 32.3 Å². The van der Waals surface area contributed by atoms with Crippen LogP contribution in [-0.2, 0) is 0 Å². The van der Waals surface area contributed by atoms with Gasteiger partial charge in [0.25, 0.3) is 5.91 Å². The van der Waals surface area contributed by atoms with E-state index in [9.17, 15) is 4.79 Å². The van der Waals surface area contributed by atoms with Gasteiger partial charge in [-0.3, -0.25) is 4.79 Å². The molecule has 1 aromatic rings. The predicted octanol–water partition coefficient (Wildman–Crippen LogP) is 3.46. The molecule has 1 aliphatic heterocycles. The van der Waals surface area contributed by atoms with Gasteiger partial charge in [0.15, 0.2) is 0 Å². The number of halogens is 2. The van der Waals surface area contributed by atoms with E-state index in [0.29, 0.717) is 21.5 Å². The minimum atomic E-state index is -0.00966. The lowest BCUT2D eigenvalue weighted by Crippen LogP contribution is -2.39. The van der Waals surface area contributed by atoms with E-state index >= 15 is 0 Å². The standard InChI is InChI=1S/C15H20Cl2N2O/c1-18-8-5-11-6-9-19(10-7-11)15(20)12-3-2-4-13(16)14(12)17/h2-4,11,18H,5-10H2,1H3. The molecule has 3 nitrogen and oxygen atoms in total. The summed E-state index contributed by atoms with van der Waals surface area (Å²) in [5.41, 5.74) is 0.507. The second-order valence-corrected chi connectivity index (χ2v) is 6.01. The molecule has 0 spiro atoms. The van der Waals surface area contributed by atoms with Gasteiger partial charge in [0, 0.05) is 13.1 Å². The van der Waals surface area contributed by atoms with Gasteiger partial charge in [-0.25, -0.2) is 0 Å². The van der Waals surface area contributed by atoms with Crippen molar-refractivity contribution >= 4 is 29.1 Å². The van der Waals surface area contributed by atoms with Gasteiger partial charge in [0.2, 0.25) is 0 Å². The maximum atomic E-state index is 12.5. The van der Waals surface area contributed by atoms with Crippen LogP contribution < -0.4 is 5.32 Å². The monoisotopic (exact) mass is 314 g/mol. The van der Waals surface area contributed by atoms with E-state index in [2.05, 4.69) is 5.32 Å². The average molecular weight is 315 g/mol. The molecule has 2 rings (SSSR count). The molecule has 0 aliphatic carbocycles. The predicted molar refractivity (Wildman–Crippen MR) is 83.6 cm³/mol. The quantitative estimate of drug-likeness (QED) is 0.923. The largest absolute Gasteiger partial charge is 0.339 e. The zero-order chi connectivity index (χ0) is 14.5. The minimum absolute atomic E-state index is 0.00966. The Kier molecular flexibility index (Phi) is 5.70. The molecule has 110 valence electrons. The summed E-state index contributed by atoms with van der Waals surface area (Å²) in [5, 5.41) is 3.97. The van der Waals surface area contributed by atoms with E-state index in [1.165, 1.54) is 6.42 Å². The highest BCUT2D eigenvalue weighted by Crippen LogP contribution is 2.28. The first-order valence-corrected chi connectivity index (χ1v) is 7.77. The maximum Gasteiger partial charge on any atom is 0.255 e. The van der Waals surface area contributed by atoms with Crippen molar-refractivity contribution in [3.05, 3.63) is 33.8 Å². The second kappa shape index (κ2) is 7.30. The summed E-state index contributed by atoms with van der Waals surface area (Å²) in [5.74, 6) is 0.700. The van der Waals surface area contributed by atoms with Crippen molar-refractivity contribution in [1.82, 2.24) is 10.2 Å². The fourth-order valence-corrected chi connectivity index (χ4v) is 2.99. The van der Waals surface area contributed by atoms with E-state index < -0.39 is 0 Å². The van der Waals surface area contributed by atoms with Crippen LogP contribution in [0, 0.1) is 5.92 Å². The Bertz CT molecular complexity index is 471. The van der Waals surface area contributed by atoms with Crippen LogP contribution in [-0.4, -0.2) is 37.5 Å². The molecule has 0 saturated carbocycles. The molecular weight excluding hydrogens is 295 g/mol. The summed E-state index contributed by atoms with van der Waals surface area (Å²) >= 11 is 12.1. The van der Waals surface area contributed by atoms with Gasteiger partial charge in [-0.05, 0) is 50.9 Å². The summed E-state index contributed by atoms with van der Waals surface area (Å²) < 4.78 is 0. The molecule has 1 heterocycles. The number of piperidine rings is 1. The summed E-state index contributed by atoms with van der Waals surface area (Å²) in [4.78, 5) is 14.3. The summed E-state index contributed by atoms with van der Waals surface area (Å²) in [7, 11) is 1.97. The van der Waals surface area contributed by atoms with Gasteiger partial charge >= 0.3 is 0 Å². The fraction of sp³-hybridized carbons (Fsp3) is 0.533. The molecule has 0 bridgehead atoms. The third kappa shape index (κ3) is 3.66. The van der Waals surface area contributed by atoms with Crippen LogP contribution in [0.3, 0.4) is 0 Å². The number of likely N-dealkylation sites (tertiary alicyclic amines) is 1. The normalized spacial score (nSPS) is 16.4. The van der Waals surface area contributed by atoms with Crippen LogP contribution in [0.2, 0.25) is 10.0 Å². The molecule has 1 aliphatic rings. The number of hydrogen-bond donors (Lipinski definition) is 1. The third-order valence-corrected chi connectivity index (χ3v) is 4.71. The SMILES string of the molecule is CNCCC1CCN(C(=O)c2cccc(Cl)c2Cl)CC1. The number of carbonyl (C=O) groups is 1. The number of nitrogens with zero attached hydrogens (tertiary/aromatic N) is 1. The lowest BCUT2D eigenvalue weighted by Gasteiger charge is -2.32. The summed E-state index contributed by atoms with van der Waals surface area (Å²) in [6, 6.07) is 5.20. The molecule has 0 radical (unpaired) electrons. The van der Waals surface area contributed by atoms with E-state index in [-0.39, 0.29) is 5.91 Å². The van der Waals surface area contributed by atoms with Crippen LogP contribution in [0.15, 0.2) is 18.2 Å². The van der Waals surface area contributed by atoms with Crippen molar-refractivity contribution in [3.63, 3.8) is 0 Å². The highest BCUT2D eigenvalue weighted by Gasteiger charge is 2.24. The molecule has 1 fully saturated rings. The van der Waals surface area contributed by atoms with E-state index in [4.69, 9.17) is 23.2 Å². The van der Waals surface area contributed by atoms with Crippen molar-refractivity contribution < 1.29 is 4.79 Å². The van der Waals surface area contributed by atoms with E-state index in [1.54, 1.807) is 18.2 Å². The van der Waals surface area contributed by atoms with Crippen molar-refractivity contribution in [2.75, 3.05) is 26.7 Å². The van der Waals surface area contributed by atoms with Crippen LogP contribution in [0.25, 0.3) is 0 Å². The molecule has 0 aromatic heterocycles. The Morgan fingerprint density at radius 3 is 2.70 bits per heavy atom. The van der Waals surface area contributed by atoms with Crippen molar-refractivity contribution in [1.29, 1.82) is 0 Å². The van der Waals surface area contributed by atoms with Gasteiger partial charge in [-0.15, -0.1) is 0 Å². The lowest BCUT2D eigenvalue weighted by molar-refractivity contribution is 0.0687. The molecule has 1 N–H and O–H groups in total. The Morgan fingerprint density at radius 2 is 2.05 bits per heavy atom. The highest BCUT2D eigenvalue weighted by molar-refractivity contribution is 6.43. The van der Waals surface area contributed by atoms with E-state index in [1.807, 2.05) is 11.9 Å². The zero-order valence-electron chi connectivity index (χ0n) is 11.7. The molecule has 0 unspecified atom stereocenters. The number of amides is 1. The number of carbonyl (C=O) groups excluding carboxylic acids is 1. The van der Waals surface area contributed by atoms with Crippen molar-refractivity contribution in [2.45, 2.75) is 19.3 Å². The fourth-order valence-electron chi connectivity index (χ4n) is 2.61. The van der Waals surface area contributed by atoms with Gasteiger partial charge in [-0.1, -0.05) is 29.3 Å². The third-order valence-electron chi connectivity index (χ3n) is 3.89. The minimum Gasteiger partial charge on any atom is -0.339 e. The van der Waals surface area contributed by atoms with Gasteiger partial charge in [0.1, 0.15) is 0 Å². The van der Waals surface area contributed by atoms with Gasteiger partial charge < -0.3 is 10.2 Å². The highest BCUT2D eigenvalue weighted by atomic mass is 35.5. The number of nitrogens with one attached hydrogen (secondary N) is 1. The first-order chi connectivity index (χ1) is 9.63. The summed E-state index contributed by atoms with van der Waals surface area (Å²) in [6.07, 6.45) is 3.30. The molecule has 1 amide bonds. The average Bonchev–Trinajstić information content (AvgIpc) is 2.48. The Hall–Kier alpha value is -0.770. The second-order valence-electron chi connectivity index (χ2n) is 5.23. The first kappa shape index (κ1) is 15.6. The van der Waals surface area contributed by atoms with Crippen LogP contribution in [0.4, 0.5) is 0 Å². The van der Waals surface area contributed by atoms with Gasteiger partial charge in [0.05, 0.1) is 15.6 Å². The summed E-state index contributed by atoms with van der Waals surface area (Å²) in [6.45, 7) is 2.64. The number of rotatable bonds is 4. The number of benzene rings is 1. The van der Waals surface area contributed by atoms with Crippen LogP contribution >= 0.6 is 23.2 Å². The Labute approximate surface area is 130 Å². The van der Waals surface area contributed by atoms with Crippen LogP contribution in [0.1, 0.15) is 29.6 Å². The molecule has 20 heavy (non-hydrogen) atoms. The first-order valence-electron chi connectivity index (χ1n) is 7.01. The lowest BCUT2D eigenvalue weighted by atomic mass is 9.93. The molecule has 0 atom stereocenters. The maximum absolute atomic E-state index is 12.5.